The van der Waals surface area contributed by atoms with E-state index < -0.39 is 0 Å². The summed E-state index contributed by atoms with van der Waals surface area (Å²) in [6.07, 6.45) is 5.29. The number of nitrogens with zero attached hydrogens (tertiary/aromatic N) is 1. The van der Waals surface area contributed by atoms with E-state index in [1.807, 2.05) is 12.2 Å². The molecular weight excluding hydrogens is 157 g/mol. The standard InChI is InChI=1S/C9H6FNO/c10-5-3-6-7(11-4-5)1-2-8-9(6)12-8/h1-4,8-9H/t8-,9+/m1/s1. The zero-order chi connectivity index (χ0) is 8.13. The van der Waals surface area contributed by atoms with Gasteiger partial charge in [0.1, 0.15) is 18.0 Å². The zero-order valence-electron chi connectivity index (χ0n) is 6.20. The average molecular weight is 163 g/mol. The van der Waals surface area contributed by atoms with E-state index in [-0.39, 0.29) is 18.0 Å². The lowest BCUT2D eigenvalue weighted by Gasteiger charge is -2.04. The van der Waals surface area contributed by atoms with Gasteiger partial charge in [0.15, 0.2) is 0 Å². The third-order valence-corrected chi connectivity index (χ3v) is 2.19. The summed E-state index contributed by atoms with van der Waals surface area (Å²) in [7, 11) is 0. The molecule has 12 heavy (non-hydrogen) atoms. The summed E-state index contributed by atoms with van der Waals surface area (Å²) in [5.41, 5.74) is 1.71. The maximum atomic E-state index is 12.7. The molecule has 1 aliphatic heterocycles. The summed E-state index contributed by atoms with van der Waals surface area (Å²) < 4.78 is 18.0. The normalized spacial score (nSPS) is 29.4. The minimum atomic E-state index is -0.293. The number of pyridine rings is 1. The van der Waals surface area contributed by atoms with E-state index in [0.29, 0.717) is 0 Å². The highest BCUT2D eigenvalue weighted by Crippen LogP contribution is 2.44. The molecule has 0 bridgehead atoms. The van der Waals surface area contributed by atoms with Gasteiger partial charge in [-0.2, -0.15) is 0 Å². The molecule has 0 saturated carbocycles. The predicted octanol–water partition coefficient (Wildman–Crippen LogP) is 1.69. The second kappa shape index (κ2) is 1.93. The van der Waals surface area contributed by atoms with Gasteiger partial charge in [-0.25, -0.2) is 4.39 Å². The van der Waals surface area contributed by atoms with Crippen LogP contribution in [0.5, 0.6) is 0 Å². The third kappa shape index (κ3) is 0.741. The predicted molar refractivity (Wildman–Crippen MR) is 40.8 cm³/mol. The van der Waals surface area contributed by atoms with Gasteiger partial charge >= 0.3 is 0 Å². The minimum Gasteiger partial charge on any atom is -0.360 e. The zero-order valence-corrected chi connectivity index (χ0v) is 6.20. The van der Waals surface area contributed by atoms with Crippen LogP contribution in [0.3, 0.4) is 0 Å². The van der Waals surface area contributed by atoms with E-state index in [0.717, 1.165) is 11.3 Å². The maximum Gasteiger partial charge on any atom is 0.141 e. The monoisotopic (exact) mass is 163 g/mol. The lowest BCUT2D eigenvalue weighted by atomic mass is 10.0. The smallest absolute Gasteiger partial charge is 0.141 e. The van der Waals surface area contributed by atoms with Crippen molar-refractivity contribution in [3.05, 3.63) is 35.4 Å². The number of halogens is 1. The Balaban J connectivity index is 2.22. The highest BCUT2D eigenvalue weighted by molar-refractivity contribution is 5.56. The van der Waals surface area contributed by atoms with Crippen LogP contribution in [0.2, 0.25) is 0 Å². The maximum absolute atomic E-state index is 12.7. The van der Waals surface area contributed by atoms with Gasteiger partial charge in [-0.1, -0.05) is 6.08 Å². The largest absolute Gasteiger partial charge is 0.360 e. The van der Waals surface area contributed by atoms with Gasteiger partial charge in [-0.15, -0.1) is 0 Å². The van der Waals surface area contributed by atoms with Crippen molar-refractivity contribution in [1.82, 2.24) is 4.98 Å². The van der Waals surface area contributed by atoms with Crippen molar-refractivity contribution in [3.8, 4) is 0 Å². The van der Waals surface area contributed by atoms with E-state index >= 15 is 0 Å². The van der Waals surface area contributed by atoms with E-state index in [1.165, 1.54) is 12.3 Å². The third-order valence-electron chi connectivity index (χ3n) is 2.19. The fourth-order valence-electron chi connectivity index (χ4n) is 1.54. The SMILES string of the molecule is Fc1cnc2c(c1)[C@@H]1O[C@@H]1C=C2. The lowest BCUT2D eigenvalue weighted by molar-refractivity contribution is 0.394. The molecule has 2 aliphatic rings. The molecule has 3 heteroatoms. The van der Waals surface area contributed by atoms with Crippen molar-refractivity contribution in [3.63, 3.8) is 0 Å². The minimum absolute atomic E-state index is 0.0631. The van der Waals surface area contributed by atoms with Crippen molar-refractivity contribution in [2.24, 2.45) is 0 Å². The first-order chi connectivity index (χ1) is 5.84. The molecule has 2 atom stereocenters. The van der Waals surface area contributed by atoms with Gasteiger partial charge in [0, 0.05) is 5.56 Å². The first-order valence-corrected chi connectivity index (χ1v) is 3.84. The van der Waals surface area contributed by atoms with Gasteiger partial charge in [-0.3, -0.25) is 4.98 Å². The van der Waals surface area contributed by atoms with Crippen LogP contribution >= 0.6 is 0 Å². The molecule has 1 saturated heterocycles. The highest BCUT2D eigenvalue weighted by Gasteiger charge is 2.42. The van der Waals surface area contributed by atoms with Crippen molar-refractivity contribution in [2.45, 2.75) is 12.2 Å². The van der Waals surface area contributed by atoms with Crippen molar-refractivity contribution >= 4 is 6.08 Å². The molecule has 0 spiro atoms. The lowest BCUT2D eigenvalue weighted by Crippen LogP contribution is -1.98. The van der Waals surface area contributed by atoms with Gasteiger partial charge in [0.2, 0.25) is 0 Å². The Hall–Kier alpha value is -1.22. The number of rotatable bonds is 0. The molecule has 1 aromatic rings. The number of fused-ring (bicyclic) bond motifs is 3. The Morgan fingerprint density at radius 1 is 1.50 bits per heavy atom. The first kappa shape index (κ1) is 6.31. The van der Waals surface area contributed by atoms with Crippen molar-refractivity contribution in [1.29, 1.82) is 0 Å². The van der Waals surface area contributed by atoms with E-state index in [1.54, 1.807) is 0 Å². The number of hydrogen-bond acceptors (Lipinski definition) is 2. The number of aromatic nitrogens is 1. The molecule has 0 radical (unpaired) electrons. The van der Waals surface area contributed by atoms with E-state index in [4.69, 9.17) is 4.74 Å². The molecule has 3 rings (SSSR count). The molecular formula is C9H6FNO. The summed E-state index contributed by atoms with van der Waals surface area (Å²) in [5.74, 6) is -0.293. The molecule has 0 aromatic carbocycles. The molecule has 1 aromatic heterocycles. The summed E-state index contributed by atoms with van der Waals surface area (Å²) in [5, 5.41) is 0. The number of epoxide rings is 1. The topological polar surface area (TPSA) is 25.4 Å². The Kier molecular flexibility index (Phi) is 1.01. The van der Waals surface area contributed by atoms with Gasteiger partial charge in [-0.05, 0) is 12.1 Å². The first-order valence-electron chi connectivity index (χ1n) is 3.84. The highest BCUT2D eigenvalue weighted by atomic mass is 19.1. The molecule has 2 heterocycles. The second-order valence-electron chi connectivity index (χ2n) is 3.01. The van der Waals surface area contributed by atoms with Crippen molar-refractivity contribution in [2.75, 3.05) is 0 Å². The van der Waals surface area contributed by atoms with Crippen molar-refractivity contribution < 1.29 is 9.13 Å². The average Bonchev–Trinajstić information content (AvgIpc) is 2.82. The molecule has 1 fully saturated rings. The van der Waals surface area contributed by atoms with Gasteiger partial charge in [0.05, 0.1) is 11.9 Å². The summed E-state index contributed by atoms with van der Waals surface area (Å²) in [4.78, 5) is 3.95. The Labute approximate surface area is 68.7 Å². The fourth-order valence-corrected chi connectivity index (χ4v) is 1.54. The van der Waals surface area contributed by atoms with Crippen LogP contribution in [-0.4, -0.2) is 11.1 Å². The van der Waals surface area contributed by atoms with Crippen LogP contribution in [0, 0.1) is 5.82 Å². The summed E-state index contributed by atoms with van der Waals surface area (Å²) in [6.45, 7) is 0. The molecule has 0 unspecified atom stereocenters. The molecule has 0 amide bonds. The summed E-state index contributed by atoms with van der Waals surface area (Å²) >= 11 is 0. The van der Waals surface area contributed by atoms with Gasteiger partial charge < -0.3 is 4.74 Å². The van der Waals surface area contributed by atoms with E-state index in [9.17, 15) is 4.39 Å². The second-order valence-corrected chi connectivity index (χ2v) is 3.01. The van der Waals surface area contributed by atoms with Crippen LogP contribution in [0.1, 0.15) is 17.4 Å². The fraction of sp³-hybridized carbons (Fsp3) is 0.222. The molecule has 0 N–H and O–H groups in total. The van der Waals surface area contributed by atoms with Crippen LogP contribution < -0.4 is 0 Å². The Morgan fingerprint density at radius 2 is 2.42 bits per heavy atom. The Bertz CT molecular complexity index is 375. The molecule has 60 valence electrons. The summed E-state index contributed by atoms with van der Waals surface area (Å²) in [6, 6.07) is 1.50. The number of ether oxygens (including phenoxy) is 1. The Morgan fingerprint density at radius 3 is 3.33 bits per heavy atom. The van der Waals surface area contributed by atoms with Crippen LogP contribution in [-0.2, 0) is 4.74 Å². The quantitative estimate of drug-likeness (QED) is 0.544. The molecule has 2 nitrogen and oxygen atoms in total. The van der Waals surface area contributed by atoms with Crippen LogP contribution in [0.4, 0.5) is 4.39 Å². The number of hydrogen-bond donors (Lipinski definition) is 0. The van der Waals surface area contributed by atoms with Crippen LogP contribution in [0.25, 0.3) is 6.08 Å². The van der Waals surface area contributed by atoms with Crippen LogP contribution in [0.15, 0.2) is 18.3 Å². The van der Waals surface area contributed by atoms with Gasteiger partial charge in [0.25, 0.3) is 0 Å². The van der Waals surface area contributed by atoms with E-state index in [2.05, 4.69) is 4.98 Å². The molecule has 1 aliphatic carbocycles.